The van der Waals surface area contributed by atoms with Crippen molar-refractivity contribution < 1.29 is 9.18 Å². The highest BCUT2D eigenvalue weighted by atomic mass is 19.1. The van der Waals surface area contributed by atoms with Crippen LogP contribution in [-0.4, -0.2) is 16.1 Å². The second-order valence-electron chi connectivity index (χ2n) is 4.56. The van der Waals surface area contributed by atoms with Crippen LogP contribution < -0.4 is 5.32 Å². The van der Waals surface area contributed by atoms with E-state index in [1.165, 1.54) is 12.1 Å². The van der Waals surface area contributed by atoms with Gasteiger partial charge in [0, 0.05) is 5.69 Å². The van der Waals surface area contributed by atoms with Gasteiger partial charge in [-0.15, -0.1) is 0 Å². The summed E-state index contributed by atoms with van der Waals surface area (Å²) in [5.41, 5.74) is 2.65. The Morgan fingerprint density at radius 3 is 2.74 bits per heavy atom. The molecule has 0 saturated carbocycles. The molecular weight excluding hydrogens is 245 g/mol. The van der Waals surface area contributed by atoms with E-state index in [4.69, 9.17) is 0 Å². The maximum absolute atomic E-state index is 13.1. The summed E-state index contributed by atoms with van der Waals surface area (Å²) in [6.07, 6.45) is 0. The number of aromatic nitrogens is 2. The highest BCUT2D eigenvalue weighted by molar-refractivity contribution is 5.96. The first-order valence-corrected chi connectivity index (χ1v) is 6.07. The zero-order valence-electron chi connectivity index (χ0n) is 11.1. The molecule has 0 radical (unpaired) electrons. The van der Waals surface area contributed by atoms with E-state index in [-0.39, 0.29) is 17.8 Å². The first kappa shape index (κ1) is 13.3. The second-order valence-corrected chi connectivity index (χ2v) is 4.56. The Bertz CT molecular complexity index is 587. The van der Waals surface area contributed by atoms with Gasteiger partial charge in [0.05, 0.1) is 17.3 Å². The standard InChI is InChI=1S/C14H16FN3O/c1-8(11-5-4-6-12(15)7-11)16-14(19)13-9(2)17-18-10(13)3/h4-8H,1-3H3,(H,16,19)(H,17,18). The van der Waals surface area contributed by atoms with Crippen molar-refractivity contribution in [2.45, 2.75) is 26.8 Å². The Labute approximate surface area is 111 Å². The monoisotopic (exact) mass is 261 g/mol. The number of H-pyrrole nitrogens is 1. The molecule has 1 aromatic carbocycles. The highest BCUT2D eigenvalue weighted by Gasteiger charge is 2.17. The van der Waals surface area contributed by atoms with Gasteiger partial charge in [0.15, 0.2) is 0 Å². The largest absolute Gasteiger partial charge is 0.345 e. The summed E-state index contributed by atoms with van der Waals surface area (Å²) in [5, 5.41) is 9.60. The maximum Gasteiger partial charge on any atom is 0.255 e. The molecule has 0 fully saturated rings. The van der Waals surface area contributed by atoms with Gasteiger partial charge in [0.25, 0.3) is 5.91 Å². The van der Waals surface area contributed by atoms with Gasteiger partial charge in [0.1, 0.15) is 5.82 Å². The zero-order chi connectivity index (χ0) is 14.0. The summed E-state index contributed by atoms with van der Waals surface area (Å²) < 4.78 is 13.1. The third-order valence-corrected chi connectivity index (χ3v) is 3.05. The Morgan fingerprint density at radius 2 is 2.16 bits per heavy atom. The number of hydrogen-bond acceptors (Lipinski definition) is 2. The minimum Gasteiger partial charge on any atom is -0.345 e. The van der Waals surface area contributed by atoms with E-state index >= 15 is 0 Å². The number of aromatic amines is 1. The average molecular weight is 261 g/mol. The van der Waals surface area contributed by atoms with Crippen LogP contribution in [0.1, 0.15) is 40.3 Å². The third-order valence-electron chi connectivity index (χ3n) is 3.05. The van der Waals surface area contributed by atoms with Gasteiger partial charge < -0.3 is 5.32 Å². The molecule has 1 amide bonds. The SMILES string of the molecule is Cc1n[nH]c(C)c1C(=O)NC(C)c1cccc(F)c1. The molecule has 0 aliphatic rings. The lowest BCUT2D eigenvalue weighted by atomic mass is 10.1. The number of aryl methyl sites for hydroxylation is 2. The lowest BCUT2D eigenvalue weighted by molar-refractivity contribution is 0.0938. The van der Waals surface area contributed by atoms with Crippen molar-refractivity contribution in [1.29, 1.82) is 0 Å². The number of nitrogens with one attached hydrogen (secondary N) is 2. The Morgan fingerprint density at radius 1 is 1.42 bits per heavy atom. The summed E-state index contributed by atoms with van der Waals surface area (Å²) in [6, 6.07) is 5.93. The molecule has 0 saturated heterocycles. The number of nitrogens with zero attached hydrogens (tertiary/aromatic N) is 1. The van der Waals surface area contributed by atoms with Gasteiger partial charge in [-0.3, -0.25) is 9.89 Å². The molecule has 5 heteroatoms. The van der Waals surface area contributed by atoms with Crippen LogP contribution in [0.5, 0.6) is 0 Å². The van der Waals surface area contributed by atoms with Gasteiger partial charge >= 0.3 is 0 Å². The number of halogens is 1. The van der Waals surface area contributed by atoms with E-state index in [9.17, 15) is 9.18 Å². The molecule has 0 aliphatic carbocycles. The van der Waals surface area contributed by atoms with Gasteiger partial charge in [-0.1, -0.05) is 12.1 Å². The smallest absolute Gasteiger partial charge is 0.255 e. The number of carbonyl (C=O) groups excluding carboxylic acids is 1. The summed E-state index contributed by atoms with van der Waals surface area (Å²) in [6.45, 7) is 5.38. The normalized spacial score (nSPS) is 12.2. The molecule has 0 bridgehead atoms. The fourth-order valence-corrected chi connectivity index (χ4v) is 2.01. The minimum atomic E-state index is -0.311. The van der Waals surface area contributed by atoms with E-state index in [2.05, 4.69) is 15.5 Å². The summed E-state index contributed by atoms with van der Waals surface area (Å²) in [7, 11) is 0. The van der Waals surface area contributed by atoms with Gasteiger partial charge in [0.2, 0.25) is 0 Å². The molecule has 4 nitrogen and oxygen atoms in total. The van der Waals surface area contributed by atoms with E-state index in [1.54, 1.807) is 26.0 Å². The molecule has 1 atom stereocenters. The van der Waals surface area contributed by atoms with Crippen molar-refractivity contribution >= 4 is 5.91 Å². The predicted molar refractivity (Wildman–Crippen MR) is 70.3 cm³/mol. The van der Waals surface area contributed by atoms with E-state index in [0.717, 1.165) is 11.3 Å². The average Bonchev–Trinajstić information content (AvgIpc) is 2.69. The number of carbonyl (C=O) groups is 1. The summed E-state index contributed by atoms with van der Waals surface area (Å²) in [4.78, 5) is 12.2. The number of rotatable bonds is 3. The van der Waals surface area contributed by atoms with Crippen LogP contribution in [0.3, 0.4) is 0 Å². The van der Waals surface area contributed by atoms with Crippen LogP contribution in [0, 0.1) is 19.7 Å². The van der Waals surface area contributed by atoms with Crippen molar-refractivity contribution in [1.82, 2.24) is 15.5 Å². The van der Waals surface area contributed by atoms with Crippen LogP contribution >= 0.6 is 0 Å². The van der Waals surface area contributed by atoms with Gasteiger partial charge in [-0.2, -0.15) is 5.10 Å². The second kappa shape index (κ2) is 5.22. The Balaban J connectivity index is 2.15. The molecule has 1 aromatic heterocycles. The van der Waals surface area contributed by atoms with Crippen molar-refractivity contribution in [2.24, 2.45) is 0 Å². The number of amides is 1. The van der Waals surface area contributed by atoms with Crippen LogP contribution in [0.2, 0.25) is 0 Å². The molecule has 2 rings (SSSR count). The maximum atomic E-state index is 13.1. The lowest BCUT2D eigenvalue weighted by Crippen LogP contribution is -2.27. The summed E-state index contributed by atoms with van der Waals surface area (Å²) >= 11 is 0. The quantitative estimate of drug-likeness (QED) is 0.892. The van der Waals surface area contributed by atoms with Crippen molar-refractivity contribution in [3.05, 3.63) is 52.6 Å². The molecular formula is C14H16FN3O. The topological polar surface area (TPSA) is 57.8 Å². The van der Waals surface area contributed by atoms with Gasteiger partial charge in [-0.05, 0) is 38.5 Å². The van der Waals surface area contributed by atoms with Crippen molar-refractivity contribution in [3.8, 4) is 0 Å². The lowest BCUT2D eigenvalue weighted by Gasteiger charge is -2.14. The fraction of sp³-hybridized carbons (Fsp3) is 0.286. The molecule has 0 spiro atoms. The van der Waals surface area contributed by atoms with Crippen molar-refractivity contribution in [2.75, 3.05) is 0 Å². The first-order chi connectivity index (χ1) is 8.99. The highest BCUT2D eigenvalue weighted by Crippen LogP contribution is 2.16. The predicted octanol–water partition coefficient (Wildman–Crippen LogP) is 2.66. The van der Waals surface area contributed by atoms with E-state index in [1.807, 2.05) is 6.92 Å². The number of hydrogen-bond donors (Lipinski definition) is 2. The van der Waals surface area contributed by atoms with Gasteiger partial charge in [-0.25, -0.2) is 4.39 Å². The molecule has 19 heavy (non-hydrogen) atoms. The number of benzene rings is 1. The Hall–Kier alpha value is -2.17. The van der Waals surface area contributed by atoms with Crippen LogP contribution in [0.15, 0.2) is 24.3 Å². The van der Waals surface area contributed by atoms with Crippen LogP contribution in [0.25, 0.3) is 0 Å². The zero-order valence-corrected chi connectivity index (χ0v) is 11.1. The minimum absolute atomic E-state index is 0.208. The van der Waals surface area contributed by atoms with Crippen LogP contribution in [-0.2, 0) is 0 Å². The molecule has 2 N–H and O–H groups in total. The summed E-state index contributed by atoms with van der Waals surface area (Å²) in [5.74, 6) is -0.519. The first-order valence-electron chi connectivity index (χ1n) is 6.07. The molecule has 100 valence electrons. The van der Waals surface area contributed by atoms with Crippen LogP contribution in [0.4, 0.5) is 4.39 Å². The van der Waals surface area contributed by atoms with Crippen molar-refractivity contribution in [3.63, 3.8) is 0 Å². The molecule has 0 aliphatic heterocycles. The van der Waals surface area contributed by atoms with E-state index in [0.29, 0.717) is 11.3 Å². The molecule has 2 aromatic rings. The third kappa shape index (κ3) is 2.81. The molecule has 1 heterocycles. The fourth-order valence-electron chi connectivity index (χ4n) is 2.01. The molecule has 1 unspecified atom stereocenters. The van der Waals surface area contributed by atoms with E-state index < -0.39 is 0 Å². The Kier molecular flexibility index (Phi) is 3.64.